The molecule has 2 heteroatoms. The van der Waals surface area contributed by atoms with Crippen LogP contribution in [0.4, 0.5) is 0 Å². The average Bonchev–Trinajstić information content (AvgIpc) is 1.92. The highest BCUT2D eigenvalue weighted by Gasteiger charge is 2.30. The maximum atomic E-state index is 5.42. The predicted molar refractivity (Wildman–Crippen MR) is 45.1 cm³/mol. The number of hydrogen-bond donors (Lipinski definition) is 0. The van der Waals surface area contributed by atoms with Crippen molar-refractivity contribution in [3.8, 4) is 0 Å². The molecule has 0 unspecified atom stereocenters. The largest absolute Gasteiger partial charge is 0.272 e. The van der Waals surface area contributed by atoms with Gasteiger partial charge in [-0.3, -0.25) is 4.29 Å². The fourth-order valence-corrected chi connectivity index (χ4v) is 1.66. The van der Waals surface area contributed by atoms with Crippen LogP contribution in [0.5, 0.6) is 0 Å². The first-order valence-corrected chi connectivity index (χ1v) is 4.23. The molecule has 0 spiro atoms. The molecule has 0 rings (SSSR count). The van der Waals surface area contributed by atoms with Crippen LogP contribution in [0.15, 0.2) is 0 Å². The third-order valence-electron chi connectivity index (χ3n) is 2.40. The second-order valence-electron chi connectivity index (χ2n) is 3.00. The average molecular weight is 165 g/mol. The van der Waals surface area contributed by atoms with Gasteiger partial charge in [-0.05, 0) is 18.8 Å². The molecule has 1 nitrogen and oxygen atoms in total. The highest BCUT2D eigenvalue weighted by molar-refractivity contribution is 6.07. The summed E-state index contributed by atoms with van der Waals surface area (Å²) in [4.78, 5) is 0. The summed E-state index contributed by atoms with van der Waals surface area (Å²) in [5.41, 5.74) is -0.110. The molecule has 10 heavy (non-hydrogen) atoms. The molecule has 0 aromatic heterocycles. The van der Waals surface area contributed by atoms with E-state index in [4.69, 9.17) is 16.2 Å². The van der Waals surface area contributed by atoms with Crippen molar-refractivity contribution in [1.82, 2.24) is 0 Å². The predicted octanol–water partition coefficient (Wildman–Crippen LogP) is 3.37. The molecule has 0 aromatic rings. The van der Waals surface area contributed by atoms with Gasteiger partial charge in [0.2, 0.25) is 0 Å². The summed E-state index contributed by atoms with van der Waals surface area (Å²) >= 11 is 5.42. The van der Waals surface area contributed by atoms with Crippen molar-refractivity contribution in [2.24, 2.45) is 5.92 Å². The minimum Gasteiger partial charge on any atom is -0.272 e. The summed E-state index contributed by atoms with van der Waals surface area (Å²) in [6.07, 6.45) is 1.95. The Hall–Kier alpha value is 0.250. The van der Waals surface area contributed by atoms with Crippen molar-refractivity contribution in [2.45, 2.75) is 46.1 Å². The van der Waals surface area contributed by atoms with E-state index in [0.29, 0.717) is 5.92 Å². The van der Waals surface area contributed by atoms with Crippen LogP contribution in [-0.4, -0.2) is 5.60 Å². The van der Waals surface area contributed by atoms with Crippen LogP contribution in [0.3, 0.4) is 0 Å². The molecule has 62 valence electrons. The van der Waals surface area contributed by atoms with E-state index in [-0.39, 0.29) is 5.60 Å². The first-order valence-electron chi connectivity index (χ1n) is 3.92. The molecule has 0 saturated heterocycles. The molecule has 0 heterocycles. The zero-order valence-electron chi connectivity index (χ0n) is 7.28. The highest BCUT2D eigenvalue weighted by atomic mass is 35.5. The lowest BCUT2D eigenvalue weighted by Crippen LogP contribution is -2.34. The van der Waals surface area contributed by atoms with Gasteiger partial charge < -0.3 is 0 Å². The molecular weight excluding hydrogens is 148 g/mol. The van der Waals surface area contributed by atoms with Crippen LogP contribution in [0.1, 0.15) is 40.5 Å². The van der Waals surface area contributed by atoms with E-state index in [1.54, 1.807) is 0 Å². The van der Waals surface area contributed by atoms with Crippen molar-refractivity contribution in [1.29, 1.82) is 0 Å². The second kappa shape index (κ2) is 4.20. The van der Waals surface area contributed by atoms with Gasteiger partial charge >= 0.3 is 0 Å². The first kappa shape index (κ1) is 10.2. The van der Waals surface area contributed by atoms with Crippen LogP contribution in [0, 0.1) is 5.92 Å². The van der Waals surface area contributed by atoms with Crippen LogP contribution in [0.2, 0.25) is 0 Å². The van der Waals surface area contributed by atoms with Gasteiger partial charge in [-0.1, -0.05) is 27.7 Å². The van der Waals surface area contributed by atoms with Gasteiger partial charge in [0.15, 0.2) is 0 Å². The molecule has 0 aliphatic heterocycles. The van der Waals surface area contributed by atoms with E-state index in [1.165, 1.54) is 0 Å². The van der Waals surface area contributed by atoms with E-state index in [0.717, 1.165) is 12.8 Å². The summed E-state index contributed by atoms with van der Waals surface area (Å²) in [6, 6.07) is 0. The third kappa shape index (κ3) is 1.86. The quantitative estimate of drug-likeness (QED) is 0.619. The summed E-state index contributed by atoms with van der Waals surface area (Å²) in [5, 5.41) is 0. The molecule has 0 aliphatic carbocycles. The van der Waals surface area contributed by atoms with E-state index in [9.17, 15) is 0 Å². The van der Waals surface area contributed by atoms with Gasteiger partial charge in [0.05, 0.1) is 17.5 Å². The van der Waals surface area contributed by atoms with Crippen molar-refractivity contribution in [2.75, 3.05) is 0 Å². The Morgan fingerprint density at radius 1 is 1.30 bits per heavy atom. The van der Waals surface area contributed by atoms with Crippen LogP contribution < -0.4 is 0 Å². The van der Waals surface area contributed by atoms with E-state index in [2.05, 4.69) is 27.7 Å². The number of rotatable bonds is 4. The Labute approximate surface area is 68.9 Å². The molecule has 0 aromatic carbocycles. The second-order valence-corrected chi connectivity index (χ2v) is 3.16. The molecule has 0 bridgehead atoms. The molecule has 0 fully saturated rings. The SMILES string of the molecule is CCC(CC)(OCl)C(C)C. The lowest BCUT2D eigenvalue weighted by molar-refractivity contribution is 0.0237. The molecule has 0 amide bonds. The fraction of sp³-hybridized carbons (Fsp3) is 1.00. The van der Waals surface area contributed by atoms with Crippen molar-refractivity contribution < 1.29 is 4.29 Å². The number of hydrogen-bond acceptors (Lipinski definition) is 1. The highest BCUT2D eigenvalue weighted by Crippen LogP contribution is 2.30. The van der Waals surface area contributed by atoms with Crippen LogP contribution >= 0.6 is 11.9 Å². The normalized spacial score (nSPS) is 12.6. The van der Waals surface area contributed by atoms with E-state index >= 15 is 0 Å². The summed E-state index contributed by atoms with van der Waals surface area (Å²) < 4.78 is 4.97. The summed E-state index contributed by atoms with van der Waals surface area (Å²) in [7, 11) is 0. The molecule has 0 N–H and O–H groups in total. The molecule has 0 radical (unpaired) electrons. The Morgan fingerprint density at radius 2 is 1.70 bits per heavy atom. The van der Waals surface area contributed by atoms with Crippen molar-refractivity contribution in [3.05, 3.63) is 0 Å². The lowest BCUT2D eigenvalue weighted by atomic mass is 9.85. The fourth-order valence-electron chi connectivity index (χ4n) is 1.26. The lowest BCUT2D eigenvalue weighted by Gasteiger charge is -2.31. The van der Waals surface area contributed by atoms with E-state index in [1.807, 2.05) is 0 Å². The van der Waals surface area contributed by atoms with Gasteiger partial charge in [-0.15, -0.1) is 0 Å². The Balaban J connectivity index is 4.15. The van der Waals surface area contributed by atoms with Crippen LogP contribution in [0.25, 0.3) is 0 Å². The third-order valence-corrected chi connectivity index (χ3v) is 2.71. The van der Waals surface area contributed by atoms with Gasteiger partial charge in [0.25, 0.3) is 0 Å². The van der Waals surface area contributed by atoms with Gasteiger partial charge in [-0.2, -0.15) is 0 Å². The van der Waals surface area contributed by atoms with Gasteiger partial charge in [0, 0.05) is 0 Å². The molecular formula is C8H17ClO. The summed E-state index contributed by atoms with van der Waals surface area (Å²) in [6.45, 7) is 8.47. The minimum atomic E-state index is -0.110. The number of halogens is 1. The zero-order valence-corrected chi connectivity index (χ0v) is 8.03. The topological polar surface area (TPSA) is 9.23 Å². The molecule has 0 atom stereocenters. The maximum absolute atomic E-state index is 5.42. The zero-order chi connectivity index (χ0) is 8.20. The van der Waals surface area contributed by atoms with Gasteiger partial charge in [-0.25, -0.2) is 0 Å². The molecule has 0 aliphatic rings. The van der Waals surface area contributed by atoms with Gasteiger partial charge in [0.1, 0.15) is 0 Å². The van der Waals surface area contributed by atoms with Crippen molar-refractivity contribution in [3.63, 3.8) is 0 Å². The first-order chi connectivity index (χ1) is 4.63. The monoisotopic (exact) mass is 164 g/mol. The standard InChI is InChI=1S/C8H17ClO/c1-5-8(6-2,10-9)7(3)4/h7H,5-6H2,1-4H3. The summed E-state index contributed by atoms with van der Waals surface area (Å²) in [5.74, 6) is 0.486. The minimum absolute atomic E-state index is 0.110. The maximum Gasteiger partial charge on any atom is 0.0914 e. The Kier molecular flexibility index (Phi) is 4.30. The smallest absolute Gasteiger partial charge is 0.0914 e. The van der Waals surface area contributed by atoms with Crippen LogP contribution in [-0.2, 0) is 4.29 Å². The van der Waals surface area contributed by atoms with E-state index < -0.39 is 0 Å². The molecule has 0 saturated carbocycles. The Morgan fingerprint density at radius 3 is 1.70 bits per heavy atom. The van der Waals surface area contributed by atoms with Crippen molar-refractivity contribution >= 4 is 11.9 Å². The Bertz CT molecular complexity index is 79.0.